The summed E-state index contributed by atoms with van der Waals surface area (Å²) in [4.78, 5) is 13.7. The van der Waals surface area contributed by atoms with Crippen molar-refractivity contribution in [2.24, 2.45) is 5.73 Å². The van der Waals surface area contributed by atoms with Crippen LogP contribution in [0.5, 0.6) is 0 Å². The first-order valence-corrected chi connectivity index (χ1v) is 5.33. The number of rotatable bonds is 4. The maximum Gasteiger partial charge on any atom is 0.239 e. The molecule has 0 aromatic carbocycles. The molecule has 1 amide bonds. The Bertz CT molecular complexity index is 207. The molecule has 0 radical (unpaired) electrons. The van der Waals surface area contributed by atoms with Crippen molar-refractivity contribution >= 4 is 5.91 Å². The van der Waals surface area contributed by atoms with Crippen molar-refractivity contribution < 1.29 is 4.79 Å². The molecule has 0 aromatic heterocycles. The summed E-state index contributed by atoms with van der Waals surface area (Å²) in [6.07, 6.45) is 6.46. The summed E-state index contributed by atoms with van der Waals surface area (Å²) in [6.45, 7) is 6.05. The lowest BCUT2D eigenvalue weighted by molar-refractivity contribution is -0.133. The molecule has 0 spiro atoms. The second-order valence-electron chi connectivity index (χ2n) is 4.01. The van der Waals surface area contributed by atoms with Gasteiger partial charge in [-0.15, -0.1) is 6.58 Å². The zero-order chi connectivity index (χ0) is 10.6. The van der Waals surface area contributed by atoms with E-state index in [1.54, 1.807) is 13.0 Å². The molecule has 0 saturated heterocycles. The molecule has 1 rings (SSSR count). The molecular formula is C11H20N2O. The lowest BCUT2D eigenvalue weighted by Crippen LogP contribution is -2.46. The van der Waals surface area contributed by atoms with Gasteiger partial charge in [-0.2, -0.15) is 0 Å². The van der Waals surface area contributed by atoms with Crippen LogP contribution in [-0.2, 0) is 4.79 Å². The van der Waals surface area contributed by atoms with Crippen LogP contribution in [0.25, 0.3) is 0 Å². The second kappa shape index (κ2) is 5.15. The normalized spacial score (nSPS) is 19.3. The topological polar surface area (TPSA) is 46.3 Å². The fourth-order valence-corrected chi connectivity index (χ4v) is 2.04. The van der Waals surface area contributed by atoms with Gasteiger partial charge in [-0.1, -0.05) is 18.9 Å². The molecule has 0 aromatic rings. The minimum Gasteiger partial charge on any atom is -0.335 e. The smallest absolute Gasteiger partial charge is 0.239 e. The molecule has 1 fully saturated rings. The van der Waals surface area contributed by atoms with Crippen molar-refractivity contribution in [3.8, 4) is 0 Å². The Morgan fingerprint density at radius 1 is 1.64 bits per heavy atom. The van der Waals surface area contributed by atoms with Crippen LogP contribution < -0.4 is 5.73 Å². The number of hydrogen-bond acceptors (Lipinski definition) is 2. The predicted octanol–water partition coefficient (Wildman–Crippen LogP) is 1.29. The molecule has 1 aliphatic carbocycles. The summed E-state index contributed by atoms with van der Waals surface area (Å²) in [7, 11) is 0. The SMILES string of the molecule is C=CCN(C(=O)[C@@H](C)N)C1CCCC1. The van der Waals surface area contributed by atoms with Crippen molar-refractivity contribution in [1.29, 1.82) is 0 Å². The molecule has 2 N–H and O–H groups in total. The Morgan fingerprint density at radius 2 is 2.21 bits per heavy atom. The van der Waals surface area contributed by atoms with Gasteiger partial charge in [0.15, 0.2) is 0 Å². The van der Waals surface area contributed by atoms with Gasteiger partial charge in [-0.25, -0.2) is 0 Å². The van der Waals surface area contributed by atoms with Gasteiger partial charge in [0, 0.05) is 12.6 Å². The lowest BCUT2D eigenvalue weighted by atomic mass is 10.2. The highest BCUT2D eigenvalue weighted by atomic mass is 16.2. The largest absolute Gasteiger partial charge is 0.335 e. The van der Waals surface area contributed by atoms with Crippen LogP contribution in [0.4, 0.5) is 0 Å². The highest BCUT2D eigenvalue weighted by Crippen LogP contribution is 2.23. The third kappa shape index (κ3) is 2.58. The average Bonchev–Trinajstić information content (AvgIpc) is 2.65. The number of hydrogen-bond donors (Lipinski definition) is 1. The summed E-state index contributed by atoms with van der Waals surface area (Å²) in [5.74, 6) is 0.0526. The van der Waals surface area contributed by atoms with Gasteiger partial charge in [-0.3, -0.25) is 4.79 Å². The van der Waals surface area contributed by atoms with Crippen LogP contribution in [0.15, 0.2) is 12.7 Å². The molecule has 1 aliphatic rings. The Kier molecular flexibility index (Phi) is 4.14. The Labute approximate surface area is 86.0 Å². The Balaban J connectivity index is 2.61. The van der Waals surface area contributed by atoms with Crippen molar-refractivity contribution in [3.05, 3.63) is 12.7 Å². The van der Waals surface area contributed by atoms with Crippen LogP contribution in [0.3, 0.4) is 0 Å². The minimum absolute atomic E-state index is 0.0526. The third-order valence-corrected chi connectivity index (χ3v) is 2.76. The van der Waals surface area contributed by atoms with Crippen LogP contribution in [0, 0.1) is 0 Å². The summed E-state index contributed by atoms with van der Waals surface area (Å²) in [5, 5.41) is 0. The van der Waals surface area contributed by atoms with E-state index in [1.807, 2.05) is 4.90 Å². The molecule has 0 aliphatic heterocycles. The molecule has 0 heterocycles. The Hall–Kier alpha value is -0.830. The second-order valence-corrected chi connectivity index (χ2v) is 4.01. The van der Waals surface area contributed by atoms with E-state index in [9.17, 15) is 4.79 Å². The van der Waals surface area contributed by atoms with Crippen molar-refractivity contribution in [2.45, 2.75) is 44.7 Å². The van der Waals surface area contributed by atoms with E-state index in [2.05, 4.69) is 6.58 Å². The monoisotopic (exact) mass is 196 g/mol. The first kappa shape index (κ1) is 11.2. The van der Waals surface area contributed by atoms with Crippen LogP contribution in [0.1, 0.15) is 32.6 Å². The van der Waals surface area contributed by atoms with E-state index in [0.717, 1.165) is 12.8 Å². The zero-order valence-corrected chi connectivity index (χ0v) is 8.91. The Morgan fingerprint density at radius 3 is 2.64 bits per heavy atom. The standard InChI is InChI=1S/C11H20N2O/c1-3-8-13(11(14)9(2)12)10-6-4-5-7-10/h3,9-10H,1,4-8,12H2,2H3/t9-/m1/s1. The van der Waals surface area contributed by atoms with E-state index in [1.165, 1.54) is 12.8 Å². The molecule has 14 heavy (non-hydrogen) atoms. The quantitative estimate of drug-likeness (QED) is 0.689. The highest BCUT2D eigenvalue weighted by Gasteiger charge is 2.26. The van der Waals surface area contributed by atoms with Crippen LogP contribution >= 0.6 is 0 Å². The van der Waals surface area contributed by atoms with E-state index < -0.39 is 6.04 Å². The maximum absolute atomic E-state index is 11.8. The highest BCUT2D eigenvalue weighted by molar-refractivity contribution is 5.81. The van der Waals surface area contributed by atoms with Crippen molar-refractivity contribution in [3.63, 3.8) is 0 Å². The van der Waals surface area contributed by atoms with Crippen LogP contribution in [0.2, 0.25) is 0 Å². The molecule has 3 nitrogen and oxygen atoms in total. The molecule has 0 unspecified atom stereocenters. The number of amides is 1. The van der Waals surface area contributed by atoms with Gasteiger partial charge in [0.25, 0.3) is 0 Å². The van der Waals surface area contributed by atoms with Gasteiger partial charge >= 0.3 is 0 Å². The van der Waals surface area contributed by atoms with E-state index in [4.69, 9.17) is 5.73 Å². The number of nitrogens with zero attached hydrogens (tertiary/aromatic N) is 1. The lowest BCUT2D eigenvalue weighted by Gasteiger charge is -2.29. The van der Waals surface area contributed by atoms with E-state index >= 15 is 0 Å². The molecule has 1 saturated carbocycles. The fourth-order valence-electron chi connectivity index (χ4n) is 2.04. The number of nitrogens with two attached hydrogens (primary N) is 1. The molecule has 80 valence electrons. The van der Waals surface area contributed by atoms with Gasteiger partial charge in [0.1, 0.15) is 0 Å². The van der Waals surface area contributed by atoms with Crippen LogP contribution in [-0.4, -0.2) is 29.4 Å². The first-order valence-electron chi connectivity index (χ1n) is 5.33. The first-order chi connectivity index (χ1) is 6.66. The summed E-state index contributed by atoms with van der Waals surface area (Å²) in [6, 6.07) is 0.00190. The minimum atomic E-state index is -0.393. The van der Waals surface area contributed by atoms with Gasteiger partial charge < -0.3 is 10.6 Å². The average molecular weight is 196 g/mol. The zero-order valence-electron chi connectivity index (χ0n) is 8.91. The number of carbonyl (C=O) groups excluding carboxylic acids is 1. The van der Waals surface area contributed by atoms with E-state index in [0.29, 0.717) is 12.6 Å². The molecule has 3 heteroatoms. The summed E-state index contributed by atoms with van der Waals surface area (Å²) < 4.78 is 0. The molecule has 1 atom stereocenters. The maximum atomic E-state index is 11.8. The third-order valence-electron chi connectivity index (χ3n) is 2.76. The summed E-state index contributed by atoms with van der Waals surface area (Å²) >= 11 is 0. The van der Waals surface area contributed by atoms with Gasteiger partial charge in [0.05, 0.1) is 6.04 Å². The molecule has 0 bridgehead atoms. The fraction of sp³-hybridized carbons (Fsp3) is 0.727. The summed E-state index contributed by atoms with van der Waals surface area (Å²) in [5.41, 5.74) is 5.61. The van der Waals surface area contributed by atoms with E-state index in [-0.39, 0.29) is 5.91 Å². The molecular weight excluding hydrogens is 176 g/mol. The predicted molar refractivity (Wildman–Crippen MR) is 57.8 cm³/mol. The number of carbonyl (C=O) groups is 1. The van der Waals surface area contributed by atoms with Gasteiger partial charge in [-0.05, 0) is 19.8 Å². The van der Waals surface area contributed by atoms with Crippen molar-refractivity contribution in [2.75, 3.05) is 6.54 Å². The van der Waals surface area contributed by atoms with Crippen molar-refractivity contribution in [1.82, 2.24) is 4.90 Å². The van der Waals surface area contributed by atoms with Gasteiger partial charge in [0.2, 0.25) is 5.91 Å².